The van der Waals surface area contributed by atoms with Crippen LogP contribution in [0, 0.1) is 5.92 Å². The smallest absolute Gasteiger partial charge is 0.190 e. The third-order valence-corrected chi connectivity index (χ3v) is 2.91. The van der Waals surface area contributed by atoms with Crippen LogP contribution in [0.5, 0.6) is 0 Å². The van der Waals surface area contributed by atoms with E-state index in [1.54, 1.807) is 6.20 Å². The van der Waals surface area contributed by atoms with Crippen LogP contribution < -0.4 is 10.6 Å². The highest BCUT2D eigenvalue weighted by Gasteiger charge is 2.20. The van der Waals surface area contributed by atoms with Crippen molar-refractivity contribution in [1.29, 1.82) is 0 Å². The van der Waals surface area contributed by atoms with Crippen LogP contribution in [0.2, 0.25) is 0 Å². The van der Waals surface area contributed by atoms with Crippen LogP contribution in [0.1, 0.15) is 18.4 Å². The minimum absolute atomic E-state index is 0.867. The van der Waals surface area contributed by atoms with E-state index in [1.165, 1.54) is 18.4 Å². The molecule has 0 unspecified atom stereocenters. The first-order valence-corrected chi connectivity index (χ1v) is 6.22. The largest absolute Gasteiger partial charge is 0.356 e. The second-order valence-corrected chi connectivity index (χ2v) is 4.43. The third kappa shape index (κ3) is 4.43. The number of hydrogen-bond acceptors (Lipinski definition) is 2. The molecule has 0 amide bonds. The Morgan fingerprint density at radius 1 is 1.47 bits per heavy atom. The molecule has 1 aliphatic carbocycles. The summed E-state index contributed by atoms with van der Waals surface area (Å²) in [5, 5.41) is 6.65. The molecule has 1 fully saturated rings. The maximum absolute atomic E-state index is 4.20. The Morgan fingerprint density at radius 2 is 2.35 bits per heavy atom. The van der Waals surface area contributed by atoms with Crippen molar-refractivity contribution >= 4 is 5.96 Å². The molecule has 0 saturated heterocycles. The van der Waals surface area contributed by atoms with E-state index in [0.29, 0.717) is 0 Å². The van der Waals surface area contributed by atoms with Gasteiger partial charge in [0.15, 0.2) is 5.96 Å². The van der Waals surface area contributed by atoms with Gasteiger partial charge in [-0.2, -0.15) is 0 Å². The highest BCUT2D eigenvalue weighted by Crippen LogP contribution is 2.27. The van der Waals surface area contributed by atoms with Gasteiger partial charge in [0.25, 0.3) is 0 Å². The Morgan fingerprint density at radius 3 is 3.00 bits per heavy atom. The molecule has 92 valence electrons. The lowest BCUT2D eigenvalue weighted by Crippen LogP contribution is -2.39. The molecule has 0 radical (unpaired) electrons. The van der Waals surface area contributed by atoms with Gasteiger partial charge in [0.2, 0.25) is 0 Å². The fourth-order valence-electron chi connectivity index (χ4n) is 1.65. The van der Waals surface area contributed by atoms with Gasteiger partial charge in [-0.05, 0) is 36.8 Å². The molecule has 0 aromatic carbocycles. The molecule has 17 heavy (non-hydrogen) atoms. The molecule has 1 heterocycles. The van der Waals surface area contributed by atoms with Gasteiger partial charge in [0.05, 0.1) is 0 Å². The van der Waals surface area contributed by atoms with E-state index in [9.17, 15) is 0 Å². The summed E-state index contributed by atoms with van der Waals surface area (Å²) >= 11 is 0. The van der Waals surface area contributed by atoms with E-state index >= 15 is 0 Å². The van der Waals surface area contributed by atoms with Crippen LogP contribution >= 0.6 is 0 Å². The van der Waals surface area contributed by atoms with Crippen LogP contribution in [0.3, 0.4) is 0 Å². The van der Waals surface area contributed by atoms with Crippen molar-refractivity contribution in [2.24, 2.45) is 10.9 Å². The van der Waals surface area contributed by atoms with Gasteiger partial charge in [-0.15, -0.1) is 0 Å². The van der Waals surface area contributed by atoms with Crippen molar-refractivity contribution in [3.8, 4) is 0 Å². The van der Waals surface area contributed by atoms with Crippen LogP contribution in [0.4, 0.5) is 0 Å². The first-order chi connectivity index (χ1) is 8.38. The zero-order valence-corrected chi connectivity index (χ0v) is 10.3. The Kier molecular flexibility index (Phi) is 4.36. The summed E-state index contributed by atoms with van der Waals surface area (Å²) in [6.45, 7) is 1.93. The molecule has 1 saturated carbocycles. The van der Waals surface area contributed by atoms with Gasteiger partial charge in [-0.1, -0.05) is 6.07 Å². The van der Waals surface area contributed by atoms with Crippen molar-refractivity contribution in [3.63, 3.8) is 0 Å². The number of aromatic nitrogens is 1. The number of aliphatic imine (C=N–C) groups is 1. The molecule has 4 nitrogen and oxygen atoms in total. The fraction of sp³-hybridized carbons (Fsp3) is 0.538. The average molecular weight is 232 g/mol. The Labute approximate surface area is 103 Å². The third-order valence-electron chi connectivity index (χ3n) is 2.91. The maximum Gasteiger partial charge on any atom is 0.190 e. The Balaban J connectivity index is 1.65. The zero-order valence-electron chi connectivity index (χ0n) is 10.3. The van der Waals surface area contributed by atoms with E-state index < -0.39 is 0 Å². The van der Waals surface area contributed by atoms with Crippen molar-refractivity contribution in [1.82, 2.24) is 15.6 Å². The molecule has 4 heteroatoms. The molecule has 1 aliphatic rings. The molecule has 1 aromatic rings. The van der Waals surface area contributed by atoms with Crippen molar-refractivity contribution in [3.05, 3.63) is 30.1 Å². The topological polar surface area (TPSA) is 49.3 Å². The summed E-state index contributed by atoms with van der Waals surface area (Å²) in [7, 11) is 1.81. The summed E-state index contributed by atoms with van der Waals surface area (Å²) in [5.41, 5.74) is 1.25. The van der Waals surface area contributed by atoms with Gasteiger partial charge in [0, 0.05) is 32.5 Å². The minimum atomic E-state index is 0.867. The molecule has 0 spiro atoms. The van der Waals surface area contributed by atoms with Crippen LogP contribution in [0.15, 0.2) is 29.5 Å². The van der Waals surface area contributed by atoms with Gasteiger partial charge in [-0.3, -0.25) is 9.98 Å². The molecule has 2 rings (SSSR count). The van der Waals surface area contributed by atoms with E-state index in [-0.39, 0.29) is 0 Å². The quantitative estimate of drug-likeness (QED) is 0.592. The van der Waals surface area contributed by atoms with E-state index in [0.717, 1.165) is 31.4 Å². The molecular weight excluding hydrogens is 212 g/mol. The summed E-state index contributed by atoms with van der Waals surface area (Å²) in [4.78, 5) is 8.29. The molecule has 2 N–H and O–H groups in total. The zero-order chi connectivity index (χ0) is 11.9. The highest BCUT2D eigenvalue weighted by molar-refractivity contribution is 5.79. The standard InChI is InChI=1S/C13H20N4/c1-14-13(17-10-12-4-5-12)16-8-6-11-3-2-7-15-9-11/h2-3,7,9,12H,4-6,8,10H2,1H3,(H2,14,16,17). The number of hydrogen-bond donors (Lipinski definition) is 2. The van der Waals surface area contributed by atoms with Crippen LogP contribution in [0.25, 0.3) is 0 Å². The lowest BCUT2D eigenvalue weighted by molar-refractivity contribution is 0.734. The number of nitrogens with zero attached hydrogens (tertiary/aromatic N) is 2. The predicted molar refractivity (Wildman–Crippen MR) is 70.0 cm³/mol. The molecule has 0 aliphatic heterocycles. The average Bonchev–Trinajstić information content (AvgIpc) is 3.19. The number of guanidine groups is 1. The van der Waals surface area contributed by atoms with Gasteiger partial charge in [0.1, 0.15) is 0 Å². The Hall–Kier alpha value is -1.58. The van der Waals surface area contributed by atoms with Gasteiger partial charge in [-0.25, -0.2) is 0 Å². The highest BCUT2D eigenvalue weighted by atomic mass is 15.2. The normalized spacial score (nSPS) is 15.7. The molecule has 0 atom stereocenters. The molecular formula is C13H20N4. The van der Waals surface area contributed by atoms with Gasteiger partial charge < -0.3 is 10.6 Å². The van der Waals surface area contributed by atoms with Crippen LogP contribution in [-0.2, 0) is 6.42 Å². The van der Waals surface area contributed by atoms with Gasteiger partial charge >= 0.3 is 0 Å². The maximum atomic E-state index is 4.20. The lowest BCUT2D eigenvalue weighted by Gasteiger charge is -2.11. The van der Waals surface area contributed by atoms with Crippen molar-refractivity contribution in [2.45, 2.75) is 19.3 Å². The molecule has 1 aromatic heterocycles. The summed E-state index contributed by atoms with van der Waals surface area (Å²) in [6, 6.07) is 4.06. The Bertz CT molecular complexity index is 357. The molecule has 0 bridgehead atoms. The fourth-order valence-corrected chi connectivity index (χ4v) is 1.65. The lowest BCUT2D eigenvalue weighted by atomic mass is 10.2. The first kappa shape index (κ1) is 11.9. The van der Waals surface area contributed by atoms with Crippen molar-refractivity contribution in [2.75, 3.05) is 20.1 Å². The minimum Gasteiger partial charge on any atom is -0.356 e. The summed E-state index contributed by atoms with van der Waals surface area (Å²) in [6.07, 6.45) is 7.40. The van der Waals surface area contributed by atoms with Crippen molar-refractivity contribution < 1.29 is 0 Å². The summed E-state index contributed by atoms with van der Waals surface area (Å²) in [5.74, 6) is 1.77. The SMILES string of the molecule is CN=C(NCCc1cccnc1)NCC1CC1. The first-order valence-electron chi connectivity index (χ1n) is 6.22. The monoisotopic (exact) mass is 232 g/mol. The van der Waals surface area contributed by atoms with E-state index in [4.69, 9.17) is 0 Å². The number of rotatable bonds is 5. The second kappa shape index (κ2) is 6.23. The van der Waals surface area contributed by atoms with E-state index in [2.05, 4.69) is 26.7 Å². The van der Waals surface area contributed by atoms with E-state index in [1.807, 2.05) is 19.3 Å². The number of nitrogens with one attached hydrogen (secondary N) is 2. The van der Waals surface area contributed by atoms with Crippen LogP contribution in [-0.4, -0.2) is 31.1 Å². The predicted octanol–water partition coefficient (Wildman–Crippen LogP) is 1.20. The number of pyridine rings is 1. The summed E-state index contributed by atoms with van der Waals surface area (Å²) < 4.78 is 0. The second-order valence-electron chi connectivity index (χ2n) is 4.43.